The van der Waals surface area contributed by atoms with Crippen molar-refractivity contribution in [3.63, 3.8) is 0 Å². The molecule has 3 heteroatoms. The van der Waals surface area contributed by atoms with Gasteiger partial charge in [-0.1, -0.05) is 52.0 Å². The molecule has 3 nitrogen and oxygen atoms in total. The normalized spacial score (nSPS) is 16.6. The van der Waals surface area contributed by atoms with Gasteiger partial charge in [-0.3, -0.25) is 9.69 Å². The molecule has 1 amide bonds. The molecular formula is C19H30N2O. The summed E-state index contributed by atoms with van der Waals surface area (Å²) in [7, 11) is 0. The topological polar surface area (TPSA) is 32.3 Å². The zero-order valence-electron chi connectivity index (χ0n) is 14.4. The first-order valence-corrected chi connectivity index (χ1v) is 8.55. The summed E-state index contributed by atoms with van der Waals surface area (Å²) < 4.78 is 0. The summed E-state index contributed by atoms with van der Waals surface area (Å²) in [4.78, 5) is 14.5. The molecule has 0 spiro atoms. The molecule has 2 rings (SSSR count). The van der Waals surface area contributed by atoms with Crippen LogP contribution in [0.25, 0.3) is 0 Å². The summed E-state index contributed by atoms with van der Waals surface area (Å²) in [6.07, 6.45) is 1.73. The van der Waals surface area contributed by atoms with Crippen LogP contribution in [0.4, 0.5) is 0 Å². The highest BCUT2D eigenvalue weighted by atomic mass is 16.1. The first kappa shape index (κ1) is 17.0. The van der Waals surface area contributed by atoms with Crippen LogP contribution in [0.5, 0.6) is 0 Å². The Morgan fingerprint density at radius 2 is 1.86 bits per heavy atom. The molecule has 1 aromatic rings. The maximum Gasteiger partial charge on any atom is 0.220 e. The first-order chi connectivity index (χ1) is 10.5. The van der Waals surface area contributed by atoms with Crippen molar-refractivity contribution in [2.24, 2.45) is 11.8 Å². The fourth-order valence-corrected chi connectivity index (χ4v) is 3.25. The Kier molecular flexibility index (Phi) is 6.01. The van der Waals surface area contributed by atoms with E-state index in [0.29, 0.717) is 24.3 Å². The minimum atomic E-state index is 0.179. The predicted octanol–water partition coefficient (Wildman–Crippen LogP) is 3.23. The Balaban J connectivity index is 1.96. The third-order valence-electron chi connectivity index (χ3n) is 4.50. The van der Waals surface area contributed by atoms with Gasteiger partial charge in [0.05, 0.1) is 0 Å². The van der Waals surface area contributed by atoms with E-state index in [1.165, 1.54) is 11.1 Å². The molecule has 0 fully saturated rings. The van der Waals surface area contributed by atoms with Crippen LogP contribution in [0.2, 0.25) is 0 Å². The fourth-order valence-electron chi connectivity index (χ4n) is 3.25. The van der Waals surface area contributed by atoms with E-state index >= 15 is 0 Å². The lowest BCUT2D eigenvalue weighted by molar-refractivity contribution is -0.122. The molecule has 1 N–H and O–H groups in total. The smallest absolute Gasteiger partial charge is 0.220 e. The number of nitrogens with one attached hydrogen (secondary N) is 1. The number of hydrogen-bond donors (Lipinski definition) is 1. The summed E-state index contributed by atoms with van der Waals surface area (Å²) in [6.45, 7) is 11.5. The Bertz CT molecular complexity index is 496. The van der Waals surface area contributed by atoms with E-state index in [1.54, 1.807) is 0 Å². The zero-order valence-corrected chi connectivity index (χ0v) is 14.4. The summed E-state index contributed by atoms with van der Waals surface area (Å²) in [5, 5.41) is 3.14. The molecule has 22 heavy (non-hydrogen) atoms. The van der Waals surface area contributed by atoms with Crippen molar-refractivity contribution in [3.05, 3.63) is 35.4 Å². The van der Waals surface area contributed by atoms with Gasteiger partial charge in [0.25, 0.3) is 0 Å². The van der Waals surface area contributed by atoms with Crippen LogP contribution in [-0.4, -0.2) is 29.9 Å². The summed E-state index contributed by atoms with van der Waals surface area (Å²) in [5.74, 6) is 1.13. The molecule has 1 aliphatic rings. The molecule has 1 aliphatic heterocycles. The lowest BCUT2D eigenvalue weighted by atomic mass is 9.95. The van der Waals surface area contributed by atoms with E-state index in [1.807, 2.05) is 0 Å². The molecule has 1 aromatic carbocycles. The molecule has 0 bridgehead atoms. The van der Waals surface area contributed by atoms with Crippen LogP contribution >= 0.6 is 0 Å². The van der Waals surface area contributed by atoms with Crippen molar-refractivity contribution in [1.82, 2.24) is 10.2 Å². The number of hydrogen-bond acceptors (Lipinski definition) is 2. The van der Waals surface area contributed by atoms with Gasteiger partial charge in [0.15, 0.2) is 0 Å². The van der Waals surface area contributed by atoms with Crippen LogP contribution in [0.1, 0.15) is 45.2 Å². The van der Waals surface area contributed by atoms with Gasteiger partial charge in [0, 0.05) is 32.1 Å². The van der Waals surface area contributed by atoms with E-state index in [2.05, 4.69) is 62.2 Å². The van der Waals surface area contributed by atoms with Crippen LogP contribution in [-0.2, 0) is 17.8 Å². The van der Waals surface area contributed by atoms with E-state index in [4.69, 9.17) is 0 Å². The van der Waals surface area contributed by atoms with Crippen LogP contribution in [0.3, 0.4) is 0 Å². The molecule has 122 valence electrons. The Morgan fingerprint density at radius 1 is 1.18 bits per heavy atom. The third kappa shape index (κ3) is 4.57. The van der Waals surface area contributed by atoms with Gasteiger partial charge < -0.3 is 5.32 Å². The van der Waals surface area contributed by atoms with Gasteiger partial charge >= 0.3 is 0 Å². The van der Waals surface area contributed by atoms with Gasteiger partial charge in [-0.05, 0) is 29.4 Å². The van der Waals surface area contributed by atoms with Gasteiger partial charge in [0.2, 0.25) is 5.91 Å². The molecule has 1 heterocycles. The Hall–Kier alpha value is -1.35. The lowest BCUT2D eigenvalue weighted by Crippen LogP contribution is -2.48. The molecular weight excluding hydrogens is 272 g/mol. The third-order valence-corrected chi connectivity index (χ3v) is 4.50. The molecule has 0 saturated heterocycles. The largest absolute Gasteiger partial charge is 0.355 e. The van der Waals surface area contributed by atoms with Crippen LogP contribution in [0, 0.1) is 11.8 Å². The summed E-state index contributed by atoms with van der Waals surface area (Å²) in [6, 6.07) is 9.12. The van der Waals surface area contributed by atoms with Crippen molar-refractivity contribution in [3.8, 4) is 0 Å². The first-order valence-electron chi connectivity index (χ1n) is 8.55. The van der Waals surface area contributed by atoms with Gasteiger partial charge in [0.1, 0.15) is 0 Å². The van der Waals surface area contributed by atoms with Crippen molar-refractivity contribution in [2.75, 3.05) is 13.1 Å². The zero-order chi connectivity index (χ0) is 16.1. The van der Waals surface area contributed by atoms with Gasteiger partial charge in [-0.15, -0.1) is 0 Å². The standard InChI is InChI=1S/C19H30N2O/c1-14(2)11-19(22)20-12-18(15(3)4)21-10-9-16-7-5-6-8-17(16)13-21/h5-8,14-15,18H,9-13H2,1-4H3,(H,20,22). The van der Waals surface area contributed by atoms with Crippen molar-refractivity contribution < 1.29 is 4.79 Å². The monoisotopic (exact) mass is 302 g/mol. The van der Waals surface area contributed by atoms with Crippen LogP contribution < -0.4 is 5.32 Å². The SMILES string of the molecule is CC(C)CC(=O)NCC(C(C)C)N1CCc2ccccc2C1. The van der Waals surface area contributed by atoms with E-state index in [9.17, 15) is 4.79 Å². The lowest BCUT2D eigenvalue weighted by Gasteiger charge is -2.38. The average molecular weight is 302 g/mol. The number of rotatable bonds is 6. The highest BCUT2D eigenvalue weighted by Crippen LogP contribution is 2.22. The molecule has 0 radical (unpaired) electrons. The van der Waals surface area contributed by atoms with E-state index in [-0.39, 0.29) is 5.91 Å². The Labute approximate surface area is 135 Å². The second-order valence-electron chi connectivity index (χ2n) is 7.20. The van der Waals surface area contributed by atoms with Crippen molar-refractivity contribution >= 4 is 5.91 Å². The van der Waals surface area contributed by atoms with E-state index < -0.39 is 0 Å². The average Bonchev–Trinajstić information content (AvgIpc) is 2.46. The molecule has 0 aliphatic carbocycles. The fraction of sp³-hybridized carbons (Fsp3) is 0.632. The molecule has 1 atom stereocenters. The molecule has 0 saturated carbocycles. The predicted molar refractivity (Wildman–Crippen MR) is 91.6 cm³/mol. The number of fused-ring (bicyclic) bond motifs is 1. The highest BCUT2D eigenvalue weighted by Gasteiger charge is 2.26. The van der Waals surface area contributed by atoms with E-state index in [0.717, 1.165) is 26.1 Å². The van der Waals surface area contributed by atoms with Crippen LogP contribution in [0.15, 0.2) is 24.3 Å². The number of amides is 1. The second kappa shape index (κ2) is 7.77. The molecule has 0 aromatic heterocycles. The minimum Gasteiger partial charge on any atom is -0.355 e. The van der Waals surface area contributed by atoms with Crippen molar-refractivity contribution in [1.29, 1.82) is 0 Å². The quantitative estimate of drug-likeness (QED) is 0.875. The number of carbonyl (C=O) groups excluding carboxylic acids is 1. The maximum absolute atomic E-state index is 11.9. The minimum absolute atomic E-state index is 0.179. The van der Waals surface area contributed by atoms with Gasteiger partial charge in [-0.2, -0.15) is 0 Å². The Morgan fingerprint density at radius 3 is 2.50 bits per heavy atom. The summed E-state index contributed by atoms with van der Waals surface area (Å²) >= 11 is 0. The number of carbonyl (C=O) groups is 1. The van der Waals surface area contributed by atoms with Gasteiger partial charge in [-0.25, -0.2) is 0 Å². The summed E-state index contributed by atoms with van der Waals surface area (Å²) in [5.41, 5.74) is 2.91. The number of nitrogens with zero attached hydrogens (tertiary/aromatic N) is 1. The second-order valence-corrected chi connectivity index (χ2v) is 7.20. The molecule has 1 unspecified atom stereocenters. The maximum atomic E-state index is 11.9. The van der Waals surface area contributed by atoms with Crippen molar-refractivity contribution in [2.45, 2.75) is 53.1 Å². The highest BCUT2D eigenvalue weighted by molar-refractivity contribution is 5.76. The number of benzene rings is 1.